The number of benzene rings is 2. The van der Waals surface area contributed by atoms with E-state index in [0.29, 0.717) is 12.5 Å². The quantitative estimate of drug-likeness (QED) is 0.571. The minimum absolute atomic E-state index is 0.522. The van der Waals surface area contributed by atoms with Gasteiger partial charge in [0.15, 0.2) is 0 Å². The van der Waals surface area contributed by atoms with Crippen LogP contribution < -0.4 is 4.74 Å². The Morgan fingerprint density at radius 3 is 2.23 bits per heavy atom. The Balaban J connectivity index is 1.78. The maximum absolute atomic E-state index is 6.07. The average molecular weight is 349 g/mol. The molecule has 1 aromatic heterocycles. The summed E-state index contributed by atoms with van der Waals surface area (Å²) in [6.45, 7) is 8.86. The zero-order valence-electron chi connectivity index (χ0n) is 15.6. The largest absolute Gasteiger partial charge is 0.471 e. The van der Waals surface area contributed by atoms with Crippen molar-refractivity contribution in [3.8, 4) is 17.0 Å². The molecule has 0 atom stereocenters. The highest BCUT2D eigenvalue weighted by Gasteiger charge is 2.13. The smallest absolute Gasteiger partial charge is 0.241 e. The van der Waals surface area contributed by atoms with Crippen molar-refractivity contribution in [3.05, 3.63) is 72.4 Å². The first-order valence-electron chi connectivity index (χ1n) is 9.32. The molecule has 4 heteroatoms. The zero-order valence-corrected chi connectivity index (χ0v) is 15.6. The summed E-state index contributed by atoms with van der Waals surface area (Å²) in [6, 6.07) is 20.5. The molecule has 4 nitrogen and oxygen atoms in total. The lowest BCUT2D eigenvalue weighted by atomic mass is 10.1. The molecule has 0 fully saturated rings. The summed E-state index contributed by atoms with van der Waals surface area (Å²) in [5.74, 6) is 0.694. The zero-order chi connectivity index (χ0) is 18.2. The molecule has 3 rings (SSSR count). The summed E-state index contributed by atoms with van der Waals surface area (Å²) in [6.07, 6.45) is 2.10. The fourth-order valence-electron chi connectivity index (χ4n) is 2.95. The van der Waals surface area contributed by atoms with Crippen LogP contribution in [0.5, 0.6) is 5.88 Å². The predicted octanol–water partition coefficient (Wildman–Crippen LogP) is 4.47. The standard InChI is InChI=1S/C22H27N3O/c1-3-24(4-2)15-16-25-17-21(20-13-9-6-10-14-20)22(23-25)26-18-19-11-7-5-8-12-19/h5-14,17H,3-4,15-16,18H2,1-2H3. The Bertz CT molecular complexity index is 780. The summed E-state index contributed by atoms with van der Waals surface area (Å²) in [5.41, 5.74) is 3.31. The third-order valence-electron chi connectivity index (χ3n) is 4.57. The van der Waals surface area contributed by atoms with Gasteiger partial charge >= 0.3 is 0 Å². The van der Waals surface area contributed by atoms with Crippen LogP contribution in [-0.2, 0) is 13.2 Å². The van der Waals surface area contributed by atoms with Crippen LogP contribution in [0.3, 0.4) is 0 Å². The molecule has 0 amide bonds. The Hall–Kier alpha value is -2.59. The maximum atomic E-state index is 6.07. The van der Waals surface area contributed by atoms with Crippen molar-refractivity contribution in [2.75, 3.05) is 19.6 Å². The fraction of sp³-hybridized carbons (Fsp3) is 0.318. The Labute approximate surface area is 156 Å². The van der Waals surface area contributed by atoms with E-state index < -0.39 is 0 Å². The molecule has 3 aromatic rings. The van der Waals surface area contributed by atoms with Crippen LogP contribution in [0.1, 0.15) is 19.4 Å². The molecule has 0 aliphatic rings. The first kappa shape index (κ1) is 18.2. The molecule has 2 aromatic carbocycles. The third kappa shape index (κ3) is 4.73. The number of hydrogen-bond donors (Lipinski definition) is 0. The molecule has 136 valence electrons. The monoisotopic (exact) mass is 349 g/mol. The SMILES string of the molecule is CCN(CC)CCn1cc(-c2ccccc2)c(OCc2ccccc2)n1. The summed E-state index contributed by atoms with van der Waals surface area (Å²) >= 11 is 0. The van der Waals surface area contributed by atoms with Gasteiger partial charge in [-0.3, -0.25) is 4.68 Å². The van der Waals surface area contributed by atoms with E-state index in [1.54, 1.807) is 0 Å². The van der Waals surface area contributed by atoms with Gasteiger partial charge in [0, 0.05) is 12.7 Å². The summed E-state index contributed by atoms with van der Waals surface area (Å²) in [4.78, 5) is 2.40. The average Bonchev–Trinajstić information content (AvgIpc) is 3.12. The second-order valence-electron chi connectivity index (χ2n) is 6.28. The third-order valence-corrected chi connectivity index (χ3v) is 4.57. The van der Waals surface area contributed by atoms with Crippen molar-refractivity contribution in [2.45, 2.75) is 27.0 Å². The molecule has 1 heterocycles. The fourth-order valence-corrected chi connectivity index (χ4v) is 2.95. The molecule has 0 aliphatic heterocycles. The lowest BCUT2D eigenvalue weighted by Gasteiger charge is -2.17. The van der Waals surface area contributed by atoms with Crippen LogP contribution in [0.25, 0.3) is 11.1 Å². The molecule has 0 saturated carbocycles. The lowest BCUT2D eigenvalue weighted by molar-refractivity contribution is 0.273. The first-order valence-corrected chi connectivity index (χ1v) is 9.32. The van der Waals surface area contributed by atoms with Crippen molar-refractivity contribution in [1.82, 2.24) is 14.7 Å². The van der Waals surface area contributed by atoms with E-state index in [4.69, 9.17) is 9.84 Å². The molecule has 0 aliphatic carbocycles. The van der Waals surface area contributed by atoms with Crippen LogP contribution in [0.2, 0.25) is 0 Å². The van der Waals surface area contributed by atoms with Crippen molar-refractivity contribution in [2.24, 2.45) is 0 Å². The number of likely N-dealkylation sites (N-methyl/N-ethyl adjacent to an activating group) is 1. The van der Waals surface area contributed by atoms with Gasteiger partial charge in [-0.05, 0) is 24.2 Å². The summed E-state index contributed by atoms with van der Waals surface area (Å²) in [5, 5.41) is 4.71. The van der Waals surface area contributed by atoms with Gasteiger partial charge in [0.05, 0.1) is 12.1 Å². The van der Waals surface area contributed by atoms with Gasteiger partial charge in [-0.1, -0.05) is 74.5 Å². The van der Waals surface area contributed by atoms with E-state index in [9.17, 15) is 0 Å². The van der Waals surface area contributed by atoms with E-state index in [-0.39, 0.29) is 0 Å². The topological polar surface area (TPSA) is 30.3 Å². The number of hydrogen-bond acceptors (Lipinski definition) is 3. The van der Waals surface area contributed by atoms with Gasteiger partial charge in [0.1, 0.15) is 6.61 Å². The van der Waals surface area contributed by atoms with E-state index in [1.807, 2.05) is 41.1 Å². The predicted molar refractivity (Wildman–Crippen MR) is 106 cm³/mol. The van der Waals surface area contributed by atoms with Crippen LogP contribution >= 0.6 is 0 Å². The summed E-state index contributed by atoms with van der Waals surface area (Å²) < 4.78 is 8.07. The molecule has 0 N–H and O–H groups in total. The van der Waals surface area contributed by atoms with Crippen molar-refractivity contribution < 1.29 is 4.74 Å². The van der Waals surface area contributed by atoms with Gasteiger partial charge in [-0.15, -0.1) is 5.10 Å². The van der Waals surface area contributed by atoms with E-state index in [1.165, 1.54) is 0 Å². The Kier molecular flexibility index (Phi) is 6.45. The number of ether oxygens (including phenoxy) is 1. The van der Waals surface area contributed by atoms with Crippen LogP contribution in [-0.4, -0.2) is 34.3 Å². The molecule has 0 saturated heterocycles. The number of rotatable bonds is 9. The molecule has 0 radical (unpaired) electrons. The second-order valence-corrected chi connectivity index (χ2v) is 6.28. The van der Waals surface area contributed by atoms with Crippen LogP contribution in [0.4, 0.5) is 0 Å². The highest BCUT2D eigenvalue weighted by molar-refractivity contribution is 5.67. The molecular formula is C22H27N3O. The molecule has 26 heavy (non-hydrogen) atoms. The number of aromatic nitrogens is 2. The van der Waals surface area contributed by atoms with Gasteiger partial charge in [0.25, 0.3) is 0 Å². The first-order chi connectivity index (χ1) is 12.8. The van der Waals surface area contributed by atoms with Crippen molar-refractivity contribution in [1.29, 1.82) is 0 Å². The van der Waals surface area contributed by atoms with E-state index in [2.05, 4.69) is 49.2 Å². The van der Waals surface area contributed by atoms with Crippen molar-refractivity contribution >= 4 is 0 Å². The molecule has 0 bridgehead atoms. The molecular weight excluding hydrogens is 322 g/mol. The van der Waals surface area contributed by atoms with Gasteiger partial charge < -0.3 is 9.64 Å². The highest BCUT2D eigenvalue weighted by Crippen LogP contribution is 2.29. The molecule has 0 spiro atoms. The van der Waals surface area contributed by atoms with Crippen molar-refractivity contribution in [3.63, 3.8) is 0 Å². The number of nitrogens with zero attached hydrogens (tertiary/aromatic N) is 3. The van der Waals surface area contributed by atoms with Crippen LogP contribution in [0.15, 0.2) is 66.9 Å². The lowest BCUT2D eigenvalue weighted by Crippen LogP contribution is -2.27. The van der Waals surface area contributed by atoms with Gasteiger partial charge in [-0.2, -0.15) is 0 Å². The van der Waals surface area contributed by atoms with Gasteiger partial charge in [0.2, 0.25) is 5.88 Å². The normalized spacial score (nSPS) is 11.0. The van der Waals surface area contributed by atoms with Gasteiger partial charge in [-0.25, -0.2) is 0 Å². The minimum atomic E-state index is 0.522. The Morgan fingerprint density at radius 2 is 1.58 bits per heavy atom. The van der Waals surface area contributed by atoms with E-state index >= 15 is 0 Å². The molecule has 0 unspecified atom stereocenters. The Morgan fingerprint density at radius 1 is 0.923 bits per heavy atom. The maximum Gasteiger partial charge on any atom is 0.241 e. The van der Waals surface area contributed by atoms with Crippen LogP contribution in [0, 0.1) is 0 Å². The second kappa shape index (κ2) is 9.20. The highest BCUT2D eigenvalue weighted by atomic mass is 16.5. The van der Waals surface area contributed by atoms with E-state index in [0.717, 1.165) is 42.9 Å². The minimum Gasteiger partial charge on any atom is -0.471 e. The summed E-state index contributed by atoms with van der Waals surface area (Å²) in [7, 11) is 0.